The van der Waals surface area contributed by atoms with Gasteiger partial charge in [0, 0.05) is 0 Å². The molecule has 1 spiro atoms. The fourth-order valence-electron chi connectivity index (χ4n) is 6.89. The van der Waals surface area contributed by atoms with Crippen molar-refractivity contribution in [2.24, 2.45) is 11.8 Å². The van der Waals surface area contributed by atoms with E-state index >= 15 is 0 Å². The number of carbonyl (C=O) groups is 3. The van der Waals surface area contributed by atoms with E-state index in [9.17, 15) is 19.5 Å². The predicted octanol–water partition coefficient (Wildman–Crippen LogP) is 4.04. The molecular weight excluding hydrogens is 508 g/mol. The average molecular weight is 541 g/mol. The van der Waals surface area contributed by atoms with E-state index in [4.69, 9.17) is 21.1 Å². The summed E-state index contributed by atoms with van der Waals surface area (Å²) in [6.07, 6.45) is 1.45. The second kappa shape index (κ2) is 9.98. The predicted molar refractivity (Wildman–Crippen MR) is 141 cm³/mol. The number of aliphatic hydroxyl groups excluding tert-OH is 1. The number of halogens is 1. The Morgan fingerprint density at radius 3 is 2.55 bits per heavy atom. The van der Waals surface area contributed by atoms with E-state index in [2.05, 4.69) is 5.32 Å². The lowest BCUT2D eigenvalue weighted by Crippen LogP contribution is -2.54. The van der Waals surface area contributed by atoms with Crippen molar-refractivity contribution in [2.75, 3.05) is 18.5 Å². The van der Waals surface area contributed by atoms with Gasteiger partial charge in [-0.2, -0.15) is 0 Å². The third kappa shape index (κ3) is 3.84. The lowest BCUT2D eigenvalue weighted by Gasteiger charge is -2.37. The van der Waals surface area contributed by atoms with Gasteiger partial charge < -0.3 is 24.8 Å². The van der Waals surface area contributed by atoms with Crippen molar-refractivity contribution >= 4 is 35.1 Å². The minimum Gasteiger partial charge on any atom is -0.466 e. The SMILES string of the molecule is CCOC(=O)[C@H]1[C@H]2C(=O)N([C@H](CO)c3ccccc3)C(C(=O)Nc3c(C)cccc3Cl)C23CC[C@]1(CC)O3. The minimum atomic E-state index is -1.24. The molecule has 9 heteroatoms. The number of nitrogens with one attached hydrogen (secondary N) is 1. The monoisotopic (exact) mass is 540 g/mol. The summed E-state index contributed by atoms with van der Waals surface area (Å²) in [6.45, 7) is 5.25. The first kappa shape index (κ1) is 26.7. The summed E-state index contributed by atoms with van der Waals surface area (Å²) in [5.41, 5.74) is -0.237. The van der Waals surface area contributed by atoms with E-state index < -0.39 is 59.5 Å². The van der Waals surface area contributed by atoms with Crippen molar-refractivity contribution in [1.29, 1.82) is 0 Å². The number of rotatable bonds is 8. The summed E-state index contributed by atoms with van der Waals surface area (Å²) in [5.74, 6) is -3.10. The third-order valence-corrected chi connectivity index (χ3v) is 8.89. The quantitative estimate of drug-likeness (QED) is 0.490. The van der Waals surface area contributed by atoms with Crippen molar-refractivity contribution < 1.29 is 29.0 Å². The first-order chi connectivity index (χ1) is 18.2. The maximum atomic E-state index is 14.3. The molecule has 3 fully saturated rings. The number of para-hydroxylation sites is 1. The lowest BCUT2D eigenvalue weighted by molar-refractivity contribution is -0.161. The van der Waals surface area contributed by atoms with Gasteiger partial charge in [0.1, 0.15) is 17.6 Å². The lowest BCUT2D eigenvalue weighted by atomic mass is 9.65. The molecule has 3 heterocycles. The van der Waals surface area contributed by atoms with Crippen LogP contribution in [0.15, 0.2) is 48.5 Å². The number of carbonyl (C=O) groups excluding carboxylic acids is 3. The molecule has 2 aromatic rings. The number of esters is 1. The smallest absolute Gasteiger partial charge is 0.312 e. The van der Waals surface area contributed by atoms with Crippen LogP contribution in [0.5, 0.6) is 0 Å². The van der Waals surface area contributed by atoms with E-state index in [-0.39, 0.29) is 6.61 Å². The van der Waals surface area contributed by atoms with Crippen molar-refractivity contribution in [3.63, 3.8) is 0 Å². The van der Waals surface area contributed by atoms with Crippen LogP contribution < -0.4 is 5.32 Å². The molecule has 3 saturated heterocycles. The van der Waals surface area contributed by atoms with E-state index in [0.717, 1.165) is 5.56 Å². The molecule has 2 N–H and O–H groups in total. The summed E-state index contributed by atoms with van der Waals surface area (Å²) >= 11 is 6.44. The number of aryl methyl sites for hydroxylation is 1. The van der Waals surface area contributed by atoms with Gasteiger partial charge in [0.05, 0.1) is 41.5 Å². The number of hydrogen-bond acceptors (Lipinski definition) is 6. The van der Waals surface area contributed by atoms with Crippen molar-refractivity contribution in [3.8, 4) is 0 Å². The highest BCUT2D eigenvalue weighted by Gasteiger charge is 2.79. The topological polar surface area (TPSA) is 105 Å². The summed E-state index contributed by atoms with van der Waals surface area (Å²) in [7, 11) is 0. The Labute approximate surface area is 227 Å². The molecule has 2 amide bonds. The van der Waals surface area contributed by atoms with Gasteiger partial charge in [0.15, 0.2) is 0 Å². The Kier molecular flexibility index (Phi) is 7.00. The van der Waals surface area contributed by atoms with Gasteiger partial charge in [-0.3, -0.25) is 14.4 Å². The molecule has 3 aliphatic heterocycles. The zero-order valence-electron chi connectivity index (χ0n) is 21.8. The molecule has 0 saturated carbocycles. The Bertz CT molecular complexity index is 1230. The number of ether oxygens (including phenoxy) is 2. The Hall–Kier alpha value is -2.94. The van der Waals surface area contributed by atoms with E-state index in [1.54, 1.807) is 19.1 Å². The van der Waals surface area contributed by atoms with Gasteiger partial charge in [-0.15, -0.1) is 0 Å². The normalized spacial score (nSPS) is 30.3. The molecule has 6 atom stereocenters. The minimum absolute atomic E-state index is 0.172. The van der Waals surface area contributed by atoms with Gasteiger partial charge >= 0.3 is 5.97 Å². The molecule has 0 aliphatic carbocycles. The van der Waals surface area contributed by atoms with E-state index in [1.807, 2.05) is 50.2 Å². The zero-order valence-corrected chi connectivity index (χ0v) is 22.5. The molecule has 0 radical (unpaired) electrons. The maximum absolute atomic E-state index is 14.3. The summed E-state index contributed by atoms with van der Waals surface area (Å²) in [4.78, 5) is 43.3. The fourth-order valence-corrected chi connectivity index (χ4v) is 7.16. The molecule has 0 aromatic heterocycles. The van der Waals surface area contributed by atoms with Gasteiger partial charge in [-0.25, -0.2) is 0 Å². The number of likely N-dealkylation sites (tertiary alicyclic amines) is 1. The second-order valence-electron chi connectivity index (χ2n) is 10.4. The van der Waals surface area contributed by atoms with Crippen LogP contribution in [0.1, 0.15) is 50.3 Å². The van der Waals surface area contributed by atoms with E-state index in [1.165, 1.54) is 4.90 Å². The van der Waals surface area contributed by atoms with Gasteiger partial charge in [-0.1, -0.05) is 61.0 Å². The number of hydrogen-bond donors (Lipinski definition) is 2. The molecule has 5 rings (SSSR count). The molecule has 2 unspecified atom stereocenters. The van der Waals surface area contributed by atoms with Gasteiger partial charge in [-0.05, 0) is 50.3 Å². The number of amides is 2. The van der Waals surface area contributed by atoms with Crippen LogP contribution in [0.25, 0.3) is 0 Å². The molecule has 3 aliphatic rings. The zero-order chi connectivity index (χ0) is 27.2. The first-order valence-corrected chi connectivity index (χ1v) is 13.5. The molecule has 202 valence electrons. The Balaban J connectivity index is 1.64. The van der Waals surface area contributed by atoms with Gasteiger partial charge in [0.25, 0.3) is 0 Å². The fraction of sp³-hybridized carbons (Fsp3) is 0.483. The number of aliphatic hydroxyl groups is 1. The summed E-state index contributed by atoms with van der Waals surface area (Å²) in [6, 6.07) is 12.5. The van der Waals surface area contributed by atoms with Crippen molar-refractivity contribution in [2.45, 2.75) is 63.3 Å². The van der Waals surface area contributed by atoms with Crippen LogP contribution in [-0.4, -0.2) is 58.2 Å². The Morgan fingerprint density at radius 2 is 1.92 bits per heavy atom. The highest BCUT2D eigenvalue weighted by atomic mass is 35.5. The molecule has 8 nitrogen and oxygen atoms in total. The molecular formula is C29H33ClN2O6. The number of anilines is 1. The highest BCUT2D eigenvalue weighted by Crippen LogP contribution is 2.65. The van der Waals surface area contributed by atoms with Crippen molar-refractivity contribution in [3.05, 3.63) is 64.7 Å². The van der Waals surface area contributed by atoms with Crippen molar-refractivity contribution in [1.82, 2.24) is 4.90 Å². The first-order valence-electron chi connectivity index (χ1n) is 13.2. The maximum Gasteiger partial charge on any atom is 0.312 e. The number of benzene rings is 2. The highest BCUT2D eigenvalue weighted by molar-refractivity contribution is 6.34. The number of nitrogens with zero attached hydrogens (tertiary/aromatic N) is 1. The standard InChI is InChI=1S/C29H33ClN2O6/c1-4-28-14-15-29(38-28)21(22(28)27(36)37-5-2)26(35)32(20(16-33)18-11-7-6-8-12-18)24(29)25(34)31-23-17(3)10-9-13-19(23)30/h6-13,20-22,24,33H,4-5,14-16H2,1-3H3,(H,31,34)/t20-,21+,22-,24?,28+,29?/m1/s1. The molecule has 38 heavy (non-hydrogen) atoms. The van der Waals surface area contributed by atoms with Crippen LogP contribution >= 0.6 is 11.6 Å². The number of fused-ring (bicyclic) bond motifs is 1. The molecule has 2 bridgehead atoms. The third-order valence-electron chi connectivity index (χ3n) is 8.57. The van der Waals surface area contributed by atoms with Crippen LogP contribution in [0.2, 0.25) is 5.02 Å². The second-order valence-corrected chi connectivity index (χ2v) is 10.8. The summed E-state index contributed by atoms with van der Waals surface area (Å²) < 4.78 is 12.2. The average Bonchev–Trinajstić information content (AvgIpc) is 3.51. The van der Waals surface area contributed by atoms with Crippen LogP contribution in [0.3, 0.4) is 0 Å². The van der Waals surface area contributed by atoms with Crippen LogP contribution in [0, 0.1) is 18.8 Å². The van der Waals surface area contributed by atoms with E-state index in [0.29, 0.717) is 35.5 Å². The van der Waals surface area contributed by atoms with Crippen LogP contribution in [0.4, 0.5) is 5.69 Å². The van der Waals surface area contributed by atoms with Gasteiger partial charge in [0.2, 0.25) is 11.8 Å². The van der Waals surface area contributed by atoms with Crippen LogP contribution in [-0.2, 0) is 23.9 Å². The molecule has 2 aromatic carbocycles. The largest absolute Gasteiger partial charge is 0.466 e. The summed E-state index contributed by atoms with van der Waals surface area (Å²) in [5, 5.41) is 13.9. The Morgan fingerprint density at radius 1 is 1.18 bits per heavy atom.